The molecule has 1 aliphatic heterocycles. The van der Waals surface area contributed by atoms with Crippen LogP contribution in [0.5, 0.6) is 0 Å². The molecule has 1 saturated carbocycles. The van der Waals surface area contributed by atoms with Gasteiger partial charge in [-0.15, -0.1) is 0 Å². The SMILES string of the molecule is O=C(O)C1CC(NCc2ccccc2)CN(C2CCCCC2)C1. The van der Waals surface area contributed by atoms with Gasteiger partial charge in [-0.1, -0.05) is 49.6 Å². The van der Waals surface area contributed by atoms with Gasteiger partial charge in [0.15, 0.2) is 0 Å². The number of carboxylic acid groups (broad SMARTS) is 1. The highest BCUT2D eigenvalue weighted by atomic mass is 16.4. The van der Waals surface area contributed by atoms with Gasteiger partial charge in [-0.25, -0.2) is 0 Å². The molecular formula is C19H28N2O2. The Morgan fingerprint density at radius 2 is 1.87 bits per heavy atom. The Morgan fingerprint density at radius 1 is 1.13 bits per heavy atom. The molecule has 3 rings (SSSR count). The second kappa shape index (κ2) is 7.93. The Labute approximate surface area is 138 Å². The number of benzene rings is 1. The molecule has 2 unspecified atom stereocenters. The van der Waals surface area contributed by atoms with Crippen molar-refractivity contribution in [1.29, 1.82) is 0 Å². The van der Waals surface area contributed by atoms with E-state index in [4.69, 9.17) is 0 Å². The lowest BCUT2D eigenvalue weighted by Gasteiger charge is -2.42. The Bertz CT molecular complexity index is 499. The highest BCUT2D eigenvalue weighted by Gasteiger charge is 2.34. The van der Waals surface area contributed by atoms with Crippen LogP contribution in [0.25, 0.3) is 0 Å². The number of rotatable bonds is 5. The zero-order valence-electron chi connectivity index (χ0n) is 13.8. The topological polar surface area (TPSA) is 52.6 Å². The summed E-state index contributed by atoms with van der Waals surface area (Å²) in [5, 5.41) is 13.1. The highest BCUT2D eigenvalue weighted by molar-refractivity contribution is 5.70. The first kappa shape index (κ1) is 16.5. The van der Waals surface area contributed by atoms with E-state index in [1.165, 1.54) is 37.7 Å². The number of likely N-dealkylation sites (tertiary alicyclic amines) is 1. The quantitative estimate of drug-likeness (QED) is 0.877. The fourth-order valence-electron chi connectivity index (χ4n) is 4.06. The smallest absolute Gasteiger partial charge is 0.307 e. The third-order valence-corrected chi connectivity index (χ3v) is 5.36. The van der Waals surface area contributed by atoms with Crippen LogP contribution in [-0.2, 0) is 11.3 Å². The molecule has 0 spiro atoms. The van der Waals surface area contributed by atoms with Crippen LogP contribution in [0.1, 0.15) is 44.1 Å². The fraction of sp³-hybridized carbons (Fsp3) is 0.632. The summed E-state index contributed by atoms with van der Waals surface area (Å²) in [6.45, 7) is 2.53. The van der Waals surface area contributed by atoms with Crippen molar-refractivity contribution in [3.63, 3.8) is 0 Å². The summed E-state index contributed by atoms with van der Waals surface area (Å²) in [7, 11) is 0. The number of carboxylic acids is 1. The first-order valence-electron chi connectivity index (χ1n) is 8.96. The maximum absolute atomic E-state index is 11.5. The van der Waals surface area contributed by atoms with Crippen molar-refractivity contribution in [2.24, 2.45) is 5.92 Å². The molecule has 0 aromatic heterocycles. The number of piperidine rings is 1. The zero-order chi connectivity index (χ0) is 16.1. The largest absolute Gasteiger partial charge is 0.481 e. The minimum absolute atomic E-state index is 0.237. The van der Waals surface area contributed by atoms with Crippen LogP contribution in [0.2, 0.25) is 0 Å². The van der Waals surface area contributed by atoms with E-state index in [1.807, 2.05) is 18.2 Å². The molecule has 1 aromatic rings. The predicted octanol–water partition coefficient (Wildman–Crippen LogP) is 2.88. The van der Waals surface area contributed by atoms with Crippen molar-refractivity contribution in [3.8, 4) is 0 Å². The molecule has 0 amide bonds. The maximum atomic E-state index is 11.5. The van der Waals surface area contributed by atoms with Crippen LogP contribution < -0.4 is 5.32 Å². The first-order valence-corrected chi connectivity index (χ1v) is 8.96. The molecule has 1 aromatic carbocycles. The van der Waals surface area contributed by atoms with E-state index in [9.17, 15) is 9.90 Å². The van der Waals surface area contributed by atoms with E-state index >= 15 is 0 Å². The lowest BCUT2D eigenvalue weighted by atomic mass is 9.88. The van der Waals surface area contributed by atoms with Gasteiger partial charge in [0, 0.05) is 31.7 Å². The van der Waals surface area contributed by atoms with E-state index < -0.39 is 5.97 Å². The van der Waals surface area contributed by atoms with Crippen LogP contribution in [0, 0.1) is 5.92 Å². The molecule has 0 radical (unpaired) electrons. The monoisotopic (exact) mass is 316 g/mol. The van der Waals surface area contributed by atoms with Crippen LogP contribution in [0.4, 0.5) is 0 Å². The lowest BCUT2D eigenvalue weighted by molar-refractivity contribution is -0.144. The van der Waals surface area contributed by atoms with Gasteiger partial charge >= 0.3 is 5.97 Å². The minimum Gasteiger partial charge on any atom is -0.481 e. The predicted molar refractivity (Wildman–Crippen MR) is 91.3 cm³/mol. The average molecular weight is 316 g/mol. The van der Waals surface area contributed by atoms with Gasteiger partial charge in [0.1, 0.15) is 0 Å². The van der Waals surface area contributed by atoms with Crippen LogP contribution in [0.15, 0.2) is 30.3 Å². The number of nitrogens with zero attached hydrogens (tertiary/aromatic N) is 1. The summed E-state index contributed by atoms with van der Waals surface area (Å²) in [4.78, 5) is 14.0. The lowest BCUT2D eigenvalue weighted by Crippen LogP contribution is -2.54. The summed E-state index contributed by atoms with van der Waals surface area (Å²) in [5.41, 5.74) is 1.26. The fourth-order valence-corrected chi connectivity index (χ4v) is 4.06. The van der Waals surface area contributed by atoms with Gasteiger partial charge in [0.25, 0.3) is 0 Å². The number of nitrogens with one attached hydrogen (secondary N) is 1. The highest BCUT2D eigenvalue weighted by Crippen LogP contribution is 2.27. The Hall–Kier alpha value is -1.39. The zero-order valence-corrected chi connectivity index (χ0v) is 13.8. The first-order chi connectivity index (χ1) is 11.2. The van der Waals surface area contributed by atoms with E-state index in [2.05, 4.69) is 22.3 Å². The molecule has 4 nitrogen and oxygen atoms in total. The molecular weight excluding hydrogens is 288 g/mol. The molecule has 1 saturated heterocycles. The second-order valence-corrected chi connectivity index (χ2v) is 7.08. The minimum atomic E-state index is -0.642. The summed E-state index contributed by atoms with van der Waals surface area (Å²) < 4.78 is 0. The number of hydrogen-bond acceptors (Lipinski definition) is 3. The molecule has 2 aliphatic rings. The van der Waals surface area contributed by atoms with Crippen molar-refractivity contribution in [2.75, 3.05) is 13.1 Å². The van der Waals surface area contributed by atoms with Gasteiger partial charge in [-0.3, -0.25) is 9.69 Å². The van der Waals surface area contributed by atoms with E-state index in [0.29, 0.717) is 6.04 Å². The van der Waals surface area contributed by atoms with Crippen molar-refractivity contribution in [3.05, 3.63) is 35.9 Å². The number of hydrogen-bond donors (Lipinski definition) is 2. The molecule has 1 aliphatic carbocycles. The molecule has 23 heavy (non-hydrogen) atoms. The van der Waals surface area contributed by atoms with Gasteiger partial charge in [0.05, 0.1) is 5.92 Å². The Balaban J connectivity index is 1.60. The molecule has 0 bridgehead atoms. The van der Waals surface area contributed by atoms with Crippen molar-refractivity contribution < 1.29 is 9.90 Å². The average Bonchev–Trinajstić information content (AvgIpc) is 2.61. The maximum Gasteiger partial charge on any atom is 0.307 e. The number of carbonyl (C=O) groups is 1. The normalized spacial score (nSPS) is 27.0. The molecule has 1 heterocycles. The molecule has 126 valence electrons. The van der Waals surface area contributed by atoms with Crippen molar-refractivity contribution in [1.82, 2.24) is 10.2 Å². The summed E-state index contributed by atoms with van der Waals surface area (Å²) >= 11 is 0. The van der Waals surface area contributed by atoms with E-state index in [0.717, 1.165) is 26.1 Å². The van der Waals surface area contributed by atoms with Gasteiger partial charge in [-0.05, 0) is 24.8 Å². The van der Waals surface area contributed by atoms with E-state index in [-0.39, 0.29) is 12.0 Å². The third kappa shape index (κ3) is 4.55. The Kier molecular flexibility index (Phi) is 5.68. The molecule has 2 N–H and O–H groups in total. The summed E-state index contributed by atoms with van der Waals surface area (Å²) in [6.07, 6.45) is 7.13. The summed E-state index contributed by atoms with van der Waals surface area (Å²) in [6, 6.07) is 11.2. The standard InChI is InChI=1S/C19H28N2O2/c22-19(23)16-11-17(20-12-15-7-3-1-4-8-15)14-21(13-16)18-9-5-2-6-10-18/h1,3-4,7-8,16-18,20H,2,5-6,9-14H2,(H,22,23). The van der Waals surface area contributed by atoms with Crippen LogP contribution in [0.3, 0.4) is 0 Å². The van der Waals surface area contributed by atoms with Crippen LogP contribution in [-0.4, -0.2) is 41.1 Å². The number of aliphatic carboxylic acids is 1. The molecule has 2 atom stereocenters. The third-order valence-electron chi connectivity index (χ3n) is 5.36. The molecule has 4 heteroatoms. The summed E-state index contributed by atoms with van der Waals surface area (Å²) in [5.74, 6) is -0.879. The van der Waals surface area contributed by atoms with Crippen molar-refractivity contribution >= 4 is 5.97 Å². The van der Waals surface area contributed by atoms with E-state index in [1.54, 1.807) is 0 Å². The van der Waals surface area contributed by atoms with Crippen LogP contribution >= 0.6 is 0 Å². The van der Waals surface area contributed by atoms with Gasteiger partial charge < -0.3 is 10.4 Å². The second-order valence-electron chi connectivity index (χ2n) is 7.08. The molecule has 2 fully saturated rings. The van der Waals surface area contributed by atoms with Gasteiger partial charge in [-0.2, -0.15) is 0 Å². The Morgan fingerprint density at radius 3 is 2.57 bits per heavy atom. The van der Waals surface area contributed by atoms with Gasteiger partial charge in [0.2, 0.25) is 0 Å². The van der Waals surface area contributed by atoms with Crippen molar-refractivity contribution in [2.45, 2.75) is 57.2 Å².